The molecular formula is C18H19FN2O4S. The molecule has 1 saturated heterocycles. The number of halogens is 1. The van der Waals surface area contributed by atoms with Gasteiger partial charge in [0.05, 0.1) is 19.6 Å². The highest BCUT2D eigenvalue weighted by molar-refractivity contribution is 7.92. The number of carbonyl (C=O) groups excluding carboxylic acids is 1. The lowest BCUT2D eigenvalue weighted by molar-refractivity contribution is -0.134. The normalized spacial score (nSPS) is 14.9. The van der Waals surface area contributed by atoms with E-state index >= 15 is 0 Å². The monoisotopic (exact) mass is 378 g/mol. The average molecular weight is 378 g/mol. The van der Waals surface area contributed by atoms with Crippen LogP contribution >= 0.6 is 0 Å². The second kappa shape index (κ2) is 7.84. The highest BCUT2D eigenvalue weighted by Crippen LogP contribution is 2.19. The van der Waals surface area contributed by atoms with Gasteiger partial charge >= 0.3 is 0 Å². The predicted octanol–water partition coefficient (Wildman–Crippen LogP) is 2.03. The number of nitrogens with zero attached hydrogens (tertiary/aromatic N) is 1. The molecule has 2 aromatic carbocycles. The van der Waals surface area contributed by atoms with Crippen LogP contribution in [-0.2, 0) is 26.0 Å². The van der Waals surface area contributed by atoms with E-state index in [1.807, 2.05) is 0 Å². The lowest BCUT2D eigenvalue weighted by Gasteiger charge is -2.26. The summed E-state index contributed by atoms with van der Waals surface area (Å²) in [4.78, 5) is 13.6. The SMILES string of the molecule is O=C(Cc1ccc(NS(=O)(=O)c2ccccc2F)cc1)N1CCOCC1. The maximum atomic E-state index is 13.7. The largest absolute Gasteiger partial charge is 0.378 e. The molecule has 6 nitrogen and oxygen atoms in total. The molecular weight excluding hydrogens is 359 g/mol. The van der Waals surface area contributed by atoms with Crippen LogP contribution in [0, 0.1) is 5.82 Å². The molecule has 0 radical (unpaired) electrons. The predicted molar refractivity (Wildman–Crippen MR) is 94.8 cm³/mol. The number of nitrogens with one attached hydrogen (secondary N) is 1. The van der Waals surface area contributed by atoms with Crippen molar-refractivity contribution in [3.05, 3.63) is 59.9 Å². The highest BCUT2D eigenvalue weighted by Gasteiger charge is 2.19. The van der Waals surface area contributed by atoms with Gasteiger partial charge in [0.15, 0.2) is 0 Å². The fourth-order valence-electron chi connectivity index (χ4n) is 2.66. The van der Waals surface area contributed by atoms with Crippen molar-refractivity contribution in [2.24, 2.45) is 0 Å². The molecule has 2 aromatic rings. The minimum absolute atomic E-state index is 0.00740. The van der Waals surface area contributed by atoms with Crippen LogP contribution in [0.5, 0.6) is 0 Å². The summed E-state index contributed by atoms with van der Waals surface area (Å²) < 4.78 is 45.8. The summed E-state index contributed by atoms with van der Waals surface area (Å²) in [5.41, 5.74) is 1.08. The Balaban J connectivity index is 1.66. The molecule has 0 spiro atoms. The molecule has 1 heterocycles. The second-order valence-electron chi connectivity index (χ2n) is 5.90. The smallest absolute Gasteiger partial charge is 0.264 e. The van der Waals surface area contributed by atoms with E-state index in [9.17, 15) is 17.6 Å². The first kappa shape index (κ1) is 18.3. The minimum atomic E-state index is -4.01. The number of sulfonamides is 1. The number of ether oxygens (including phenoxy) is 1. The van der Waals surface area contributed by atoms with Gasteiger partial charge in [-0.3, -0.25) is 9.52 Å². The van der Waals surface area contributed by atoms with Gasteiger partial charge in [0.1, 0.15) is 10.7 Å². The van der Waals surface area contributed by atoms with Crippen molar-refractivity contribution in [2.75, 3.05) is 31.0 Å². The van der Waals surface area contributed by atoms with Crippen molar-refractivity contribution in [1.82, 2.24) is 4.90 Å². The number of amides is 1. The summed E-state index contributed by atoms with van der Waals surface area (Å²) in [6.45, 7) is 2.25. The van der Waals surface area contributed by atoms with E-state index < -0.39 is 20.7 Å². The third kappa shape index (κ3) is 4.39. The quantitative estimate of drug-likeness (QED) is 0.864. The van der Waals surface area contributed by atoms with Crippen molar-refractivity contribution in [1.29, 1.82) is 0 Å². The summed E-state index contributed by atoms with van der Waals surface area (Å²) in [6.07, 6.45) is 0.236. The van der Waals surface area contributed by atoms with Gasteiger partial charge in [-0.15, -0.1) is 0 Å². The average Bonchev–Trinajstić information content (AvgIpc) is 2.64. The standard InChI is InChI=1S/C18H19FN2O4S/c19-16-3-1-2-4-17(16)26(23,24)20-15-7-5-14(6-8-15)13-18(22)21-9-11-25-12-10-21/h1-8,20H,9-13H2. The summed E-state index contributed by atoms with van der Waals surface area (Å²) in [7, 11) is -4.01. The summed E-state index contributed by atoms with van der Waals surface area (Å²) >= 11 is 0. The Kier molecular flexibility index (Phi) is 5.53. The number of hydrogen-bond acceptors (Lipinski definition) is 4. The van der Waals surface area contributed by atoms with E-state index in [0.717, 1.165) is 11.6 Å². The lowest BCUT2D eigenvalue weighted by Crippen LogP contribution is -2.41. The third-order valence-electron chi connectivity index (χ3n) is 4.05. The fourth-order valence-corrected chi connectivity index (χ4v) is 3.80. The molecule has 138 valence electrons. The number of morpholine rings is 1. The molecule has 3 rings (SSSR count). The molecule has 0 saturated carbocycles. The lowest BCUT2D eigenvalue weighted by atomic mass is 10.1. The fraction of sp³-hybridized carbons (Fsp3) is 0.278. The molecule has 0 bridgehead atoms. The summed E-state index contributed by atoms with van der Waals surface area (Å²) in [6, 6.07) is 11.6. The Morgan fingerprint density at radius 1 is 1.08 bits per heavy atom. The second-order valence-corrected chi connectivity index (χ2v) is 7.55. The van der Waals surface area contributed by atoms with Crippen LogP contribution in [0.4, 0.5) is 10.1 Å². The van der Waals surface area contributed by atoms with Crippen LogP contribution < -0.4 is 4.72 Å². The van der Waals surface area contributed by atoms with Crippen molar-refractivity contribution in [2.45, 2.75) is 11.3 Å². The first-order valence-corrected chi connectivity index (χ1v) is 9.66. The molecule has 8 heteroatoms. The van der Waals surface area contributed by atoms with E-state index in [2.05, 4.69) is 4.72 Å². The Labute approximate surface area is 151 Å². The van der Waals surface area contributed by atoms with Crippen molar-refractivity contribution in [3.63, 3.8) is 0 Å². The molecule has 0 aliphatic carbocycles. The van der Waals surface area contributed by atoms with Gasteiger partial charge in [-0.25, -0.2) is 12.8 Å². The zero-order chi connectivity index (χ0) is 18.6. The first-order valence-electron chi connectivity index (χ1n) is 8.17. The molecule has 1 fully saturated rings. The summed E-state index contributed by atoms with van der Waals surface area (Å²) in [5, 5.41) is 0. The Morgan fingerprint density at radius 2 is 1.73 bits per heavy atom. The van der Waals surface area contributed by atoms with Crippen molar-refractivity contribution >= 4 is 21.6 Å². The van der Waals surface area contributed by atoms with Gasteiger partial charge in [-0.05, 0) is 29.8 Å². The third-order valence-corrected chi connectivity index (χ3v) is 5.47. The van der Waals surface area contributed by atoms with E-state index in [4.69, 9.17) is 4.74 Å². The van der Waals surface area contributed by atoms with Crippen LogP contribution in [0.3, 0.4) is 0 Å². The maximum absolute atomic E-state index is 13.7. The minimum Gasteiger partial charge on any atom is -0.378 e. The number of benzene rings is 2. The zero-order valence-corrected chi connectivity index (χ0v) is 14.8. The molecule has 0 atom stereocenters. The van der Waals surface area contributed by atoms with Gasteiger partial charge in [-0.2, -0.15) is 0 Å². The topological polar surface area (TPSA) is 75.7 Å². The van der Waals surface area contributed by atoms with Gasteiger partial charge < -0.3 is 9.64 Å². The van der Waals surface area contributed by atoms with Crippen molar-refractivity contribution in [3.8, 4) is 0 Å². The number of anilines is 1. The summed E-state index contributed by atoms with van der Waals surface area (Å²) in [5.74, 6) is -0.805. The van der Waals surface area contributed by atoms with Gasteiger partial charge in [0, 0.05) is 18.8 Å². The van der Waals surface area contributed by atoms with Gasteiger partial charge in [0.25, 0.3) is 10.0 Å². The van der Waals surface area contributed by atoms with E-state index in [1.165, 1.54) is 18.2 Å². The van der Waals surface area contributed by atoms with Crippen LogP contribution in [0.1, 0.15) is 5.56 Å². The van der Waals surface area contributed by atoms with E-state index in [-0.39, 0.29) is 12.3 Å². The van der Waals surface area contributed by atoms with Crippen LogP contribution in [0.15, 0.2) is 53.4 Å². The van der Waals surface area contributed by atoms with Crippen molar-refractivity contribution < 1.29 is 22.3 Å². The number of carbonyl (C=O) groups is 1. The zero-order valence-electron chi connectivity index (χ0n) is 14.0. The molecule has 1 amide bonds. The Bertz CT molecular complexity index is 878. The molecule has 26 heavy (non-hydrogen) atoms. The van der Waals surface area contributed by atoms with Crippen LogP contribution in [0.2, 0.25) is 0 Å². The van der Waals surface area contributed by atoms with E-state index in [1.54, 1.807) is 29.2 Å². The Hall–Kier alpha value is -2.45. The number of rotatable bonds is 5. The van der Waals surface area contributed by atoms with Gasteiger partial charge in [0.2, 0.25) is 5.91 Å². The van der Waals surface area contributed by atoms with Gasteiger partial charge in [-0.1, -0.05) is 24.3 Å². The highest BCUT2D eigenvalue weighted by atomic mass is 32.2. The molecule has 0 unspecified atom stereocenters. The Morgan fingerprint density at radius 3 is 2.38 bits per heavy atom. The molecule has 1 aliphatic heterocycles. The molecule has 0 aromatic heterocycles. The van der Waals surface area contributed by atoms with E-state index in [0.29, 0.717) is 32.0 Å². The molecule has 1 N–H and O–H groups in total. The van der Waals surface area contributed by atoms with Crippen LogP contribution in [0.25, 0.3) is 0 Å². The van der Waals surface area contributed by atoms with Crippen LogP contribution in [-0.4, -0.2) is 45.5 Å². The molecule has 1 aliphatic rings. The first-order chi connectivity index (χ1) is 12.5. The number of hydrogen-bond donors (Lipinski definition) is 1. The maximum Gasteiger partial charge on any atom is 0.264 e.